The monoisotopic (exact) mass is 291 g/mol. The third kappa shape index (κ3) is 2.24. The summed E-state index contributed by atoms with van der Waals surface area (Å²) in [5.41, 5.74) is 0.424. The van der Waals surface area contributed by atoms with E-state index < -0.39 is 4.92 Å². The summed E-state index contributed by atoms with van der Waals surface area (Å²) < 4.78 is 5.55. The molecule has 1 N–H and O–H groups in total. The Morgan fingerprint density at radius 3 is 2.70 bits per heavy atom. The van der Waals surface area contributed by atoms with Crippen molar-refractivity contribution in [1.82, 2.24) is 20.2 Å². The zero-order valence-electron chi connectivity index (χ0n) is 9.78. The third-order valence-electron chi connectivity index (χ3n) is 2.51. The van der Waals surface area contributed by atoms with Crippen LogP contribution in [0.4, 0.5) is 5.69 Å². The maximum atomic E-state index is 10.6. The highest BCUT2D eigenvalue weighted by Gasteiger charge is 2.11. The van der Waals surface area contributed by atoms with E-state index in [2.05, 4.69) is 20.2 Å². The first-order valence-corrected chi connectivity index (χ1v) is 5.80. The van der Waals surface area contributed by atoms with Gasteiger partial charge in [0.15, 0.2) is 5.65 Å². The van der Waals surface area contributed by atoms with Crippen molar-refractivity contribution in [2.24, 2.45) is 0 Å². The second kappa shape index (κ2) is 4.74. The van der Waals surface area contributed by atoms with Gasteiger partial charge in [0.1, 0.15) is 11.1 Å². The molecule has 0 spiro atoms. The molecule has 20 heavy (non-hydrogen) atoms. The molecule has 0 saturated carbocycles. The van der Waals surface area contributed by atoms with Crippen LogP contribution in [0.25, 0.3) is 11.0 Å². The molecule has 0 aliphatic heterocycles. The van der Waals surface area contributed by atoms with Crippen molar-refractivity contribution in [2.75, 3.05) is 0 Å². The number of rotatable bonds is 3. The molecule has 0 unspecified atom stereocenters. The highest BCUT2D eigenvalue weighted by molar-refractivity contribution is 6.28. The van der Waals surface area contributed by atoms with E-state index in [1.54, 1.807) is 0 Å². The van der Waals surface area contributed by atoms with Gasteiger partial charge < -0.3 is 4.74 Å². The number of aromatic amines is 1. The highest BCUT2D eigenvalue weighted by atomic mass is 35.5. The van der Waals surface area contributed by atoms with Gasteiger partial charge >= 0.3 is 0 Å². The molecule has 0 fully saturated rings. The molecule has 0 amide bonds. The fourth-order valence-electron chi connectivity index (χ4n) is 1.61. The fourth-order valence-corrected chi connectivity index (χ4v) is 1.77. The number of H-pyrrole nitrogens is 1. The van der Waals surface area contributed by atoms with E-state index >= 15 is 0 Å². The van der Waals surface area contributed by atoms with Crippen LogP contribution in [-0.2, 0) is 0 Å². The first-order valence-electron chi connectivity index (χ1n) is 5.42. The standard InChI is InChI=1S/C11H6ClN5O3/c12-11-14-9-8(5-13-16-9)10(15-11)20-7-3-1-6(2-4-7)17(18)19/h1-5H,(H,13,14,15,16). The number of non-ortho nitro benzene ring substituents is 1. The number of benzene rings is 1. The van der Waals surface area contributed by atoms with Gasteiger partial charge in [0, 0.05) is 12.1 Å². The van der Waals surface area contributed by atoms with Crippen molar-refractivity contribution in [2.45, 2.75) is 0 Å². The van der Waals surface area contributed by atoms with E-state index in [0.717, 1.165) is 0 Å². The van der Waals surface area contributed by atoms with Crippen molar-refractivity contribution < 1.29 is 9.66 Å². The van der Waals surface area contributed by atoms with Crippen LogP contribution < -0.4 is 4.74 Å². The van der Waals surface area contributed by atoms with E-state index in [4.69, 9.17) is 16.3 Å². The summed E-state index contributed by atoms with van der Waals surface area (Å²) >= 11 is 5.77. The number of ether oxygens (including phenoxy) is 1. The summed E-state index contributed by atoms with van der Waals surface area (Å²) in [5.74, 6) is 0.621. The molecule has 1 aromatic carbocycles. The topological polar surface area (TPSA) is 107 Å². The zero-order chi connectivity index (χ0) is 14.1. The molecule has 0 bridgehead atoms. The first kappa shape index (κ1) is 12.3. The predicted octanol–water partition coefficient (Wildman–Crippen LogP) is 2.71. The molecule has 0 aliphatic carbocycles. The molecule has 0 atom stereocenters. The molecular formula is C11H6ClN5O3. The number of nitro groups is 1. The lowest BCUT2D eigenvalue weighted by Crippen LogP contribution is -1.92. The predicted molar refractivity (Wildman–Crippen MR) is 69.9 cm³/mol. The molecule has 0 saturated heterocycles. The van der Waals surface area contributed by atoms with Gasteiger partial charge in [-0.3, -0.25) is 15.2 Å². The Bertz CT molecular complexity index is 786. The molecule has 2 heterocycles. The number of nitrogens with zero attached hydrogens (tertiary/aromatic N) is 4. The van der Waals surface area contributed by atoms with Crippen LogP contribution in [-0.4, -0.2) is 25.1 Å². The lowest BCUT2D eigenvalue weighted by molar-refractivity contribution is -0.384. The van der Waals surface area contributed by atoms with Crippen molar-refractivity contribution in [3.05, 3.63) is 45.9 Å². The molecule has 3 rings (SSSR count). The van der Waals surface area contributed by atoms with Gasteiger partial charge in [-0.2, -0.15) is 15.1 Å². The molecule has 0 aliphatic rings. The summed E-state index contributed by atoms with van der Waals surface area (Å²) in [6.07, 6.45) is 1.51. The summed E-state index contributed by atoms with van der Waals surface area (Å²) in [4.78, 5) is 18.0. The van der Waals surface area contributed by atoms with Gasteiger partial charge in [0.25, 0.3) is 5.69 Å². The van der Waals surface area contributed by atoms with Crippen molar-refractivity contribution in [1.29, 1.82) is 0 Å². The maximum Gasteiger partial charge on any atom is 0.269 e. The van der Waals surface area contributed by atoms with Gasteiger partial charge in [0.05, 0.1) is 11.1 Å². The molecule has 2 aromatic heterocycles. The average molecular weight is 292 g/mol. The minimum atomic E-state index is -0.486. The van der Waals surface area contributed by atoms with Crippen LogP contribution in [0.15, 0.2) is 30.5 Å². The highest BCUT2D eigenvalue weighted by Crippen LogP contribution is 2.28. The van der Waals surface area contributed by atoms with Gasteiger partial charge in [-0.1, -0.05) is 0 Å². The smallest absolute Gasteiger partial charge is 0.269 e. The third-order valence-corrected chi connectivity index (χ3v) is 2.68. The second-order valence-corrected chi connectivity index (χ2v) is 4.12. The Morgan fingerprint density at radius 1 is 1.25 bits per heavy atom. The first-order chi connectivity index (χ1) is 9.63. The van der Waals surface area contributed by atoms with Gasteiger partial charge in [0.2, 0.25) is 11.2 Å². The summed E-state index contributed by atoms with van der Waals surface area (Å²) in [6, 6.07) is 5.62. The SMILES string of the molecule is O=[N+]([O-])c1ccc(Oc2nc(Cl)nc3[nH]ncc23)cc1. The quantitative estimate of drug-likeness (QED) is 0.451. The fraction of sp³-hybridized carbons (Fsp3) is 0. The minimum absolute atomic E-state index is 0.0126. The number of fused-ring (bicyclic) bond motifs is 1. The van der Waals surface area contributed by atoms with E-state index in [-0.39, 0.29) is 16.9 Å². The average Bonchev–Trinajstić information content (AvgIpc) is 2.87. The van der Waals surface area contributed by atoms with Gasteiger partial charge in [-0.05, 0) is 23.7 Å². The summed E-state index contributed by atoms with van der Waals surface area (Å²) in [7, 11) is 0. The lowest BCUT2D eigenvalue weighted by atomic mass is 10.3. The zero-order valence-corrected chi connectivity index (χ0v) is 10.5. The number of aromatic nitrogens is 4. The van der Waals surface area contributed by atoms with Crippen LogP contribution in [0, 0.1) is 10.1 Å². The Balaban J connectivity index is 1.96. The Labute approximate surface area is 116 Å². The molecule has 100 valence electrons. The van der Waals surface area contributed by atoms with Crippen molar-refractivity contribution in [3.63, 3.8) is 0 Å². The molecule has 3 aromatic rings. The van der Waals surface area contributed by atoms with E-state index in [1.165, 1.54) is 30.5 Å². The van der Waals surface area contributed by atoms with Crippen LogP contribution in [0.2, 0.25) is 5.28 Å². The van der Waals surface area contributed by atoms with Crippen LogP contribution in [0.1, 0.15) is 0 Å². The Hall–Kier alpha value is -2.74. The minimum Gasteiger partial charge on any atom is -0.438 e. The Kier molecular flexibility index (Phi) is 2.92. The van der Waals surface area contributed by atoms with Crippen LogP contribution >= 0.6 is 11.6 Å². The molecule has 8 nitrogen and oxygen atoms in total. The second-order valence-electron chi connectivity index (χ2n) is 3.78. The number of hydrogen-bond acceptors (Lipinski definition) is 6. The number of nitrogens with one attached hydrogen (secondary N) is 1. The van der Waals surface area contributed by atoms with Crippen molar-refractivity contribution in [3.8, 4) is 11.6 Å². The van der Waals surface area contributed by atoms with Gasteiger partial charge in [-0.15, -0.1) is 0 Å². The molecule has 9 heteroatoms. The normalized spacial score (nSPS) is 10.7. The summed E-state index contributed by atoms with van der Waals surface area (Å²) in [6.45, 7) is 0. The van der Waals surface area contributed by atoms with Crippen molar-refractivity contribution >= 4 is 28.3 Å². The summed E-state index contributed by atoms with van der Waals surface area (Å²) in [5, 5.41) is 17.6. The number of nitro benzene ring substituents is 1. The van der Waals surface area contributed by atoms with Crippen LogP contribution in [0.3, 0.4) is 0 Å². The lowest BCUT2D eigenvalue weighted by Gasteiger charge is -2.05. The van der Waals surface area contributed by atoms with Crippen LogP contribution in [0.5, 0.6) is 11.6 Å². The number of hydrogen-bond donors (Lipinski definition) is 1. The number of halogens is 1. The molecule has 0 radical (unpaired) electrons. The van der Waals surface area contributed by atoms with Gasteiger partial charge in [-0.25, -0.2) is 0 Å². The largest absolute Gasteiger partial charge is 0.438 e. The van der Waals surface area contributed by atoms with E-state index in [0.29, 0.717) is 16.8 Å². The maximum absolute atomic E-state index is 10.6. The van der Waals surface area contributed by atoms with E-state index in [9.17, 15) is 10.1 Å². The molecular weight excluding hydrogens is 286 g/mol. The van der Waals surface area contributed by atoms with E-state index in [1.807, 2.05) is 0 Å². The Morgan fingerprint density at radius 2 is 2.00 bits per heavy atom.